The number of rotatable bonds is 6. The summed E-state index contributed by atoms with van der Waals surface area (Å²) in [6.07, 6.45) is 1.42. The topological polar surface area (TPSA) is 74.7 Å². The molecule has 0 fully saturated rings. The van der Waals surface area contributed by atoms with Gasteiger partial charge in [0.15, 0.2) is 5.75 Å². The molecule has 0 heterocycles. The molecule has 1 N–H and O–H groups in total. The van der Waals surface area contributed by atoms with E-state index < -0.39 is 21.7 Å². The second-order valence-corrected chi connectivity index (χ2v) is 4.36. The fourth-order valence-corrected chi connectivity index (χ4v) is 2.05. The van der Waals surface area contributed by atoms with Gasteiger partial charge in [-0.15, -0.1) is 6.58 Å². The van der Waals surface area contributed by atoms with Gasteiger partial charge in [0.25, 0.3) is 0 Å². The lowest BCUT2D eigenvalue weighted by Gasteiger charge is -2.16. The van der Waals surface area contributed by atoms with Gasteiger partial charge in [0.1, 0.15) is 0 Å². The minimum atomic E-state index is -3.67. The molecule has 0 aromatic heterocycles. The molecule has 0 rings (SSSR count). The van der Waals surface area contributed by atoms with Crippen molar-refractivity contribution in [1.82, 2.24) is 4.31 Å². The molecule has 0 aromatic carbocycles. The van der Waals surface area contributed by atoms with Crippen molar-refractivity contribution in [2.45, 2.75) is 6.92 Å². The molecule has 13 heavy (non-hydrogen) atoms. The summed E-state index contributed by atoms with van der Waals surface area (Å²) in [5, 5.41) is 8.33. The van der Waals surface area contributed by atoms with Crippen LogP contribution in [0.2, 0.25) is 0 Å². The van der Waals surface area contributed by atoms with Gasteiger partial charge in [-0.3, -0.25) is 4.79 Å². The van der Waals surface area contributed by atoms with E-state index in [9.17, 15) is 13.2 Å². The van der Waals surface area contributed by atoms with E-state index in [1.807, 2.05) is 0 Å². The van der Waals surface area contributed by atoms with Crippen molar-refractivity contribution in [3.63, 3.8) is 0 Å². The molecule has 0 saturated carbocycles. The number of nitrogens with zero attached hydrogens (tertiary/aromatic N) is 1. The maximum absolute atomic E-state index is 11.3. The SMILES string of the molecule is C=CCN(CC)S(=O)(=O)CC(=O)O. The number of aliphatic carboxylic acids is 1. The van der Waals surface area contributed by atoms with Crippen LogP contribution in [0, 0.1) is 0 Å². The van der Waals surface area contributed by atoms with Crippen molar-refractivity contribution in [3.05, 3.63) is 12.7 Å². The molecule has 76 valence electrons. The molecule has 0 atom stereocenters. The highest BCUT2D eigenvalue weighted by atomic mass is 32.2. The molecule has 0 radical (unpaired) electrons. The fraction of sp³-hybridized carbons (Fsp3) is 0.571. The second kappa shape index (κ2) is 4.98. The largest absolute Gasteiger partial charge is 0.480 e. The molecule has 0 aliphatic heterocycles. The van der Waals surface area contributed by atoms with E-state index >= 15 is 0 Å². The predicted octanol–water partition coefficient (Wildman–Crippen LogP) is -0.0913. The number of likely N-dealkylation sites (N-methyl/N-ethyl adjacent to an activating group) is 1. The molecule has 0 aliphatic carbocycles. The molecule has 0 saturated heterocycles. The highest BCUT2D eigenvalue weighted by Crippen LogP contribution is 2.00. The number of sulfonamides is 1. The van der Waals surface area contributed by atoms with Gasteiger partial charge in [-0.1, -0.05) is 13.0 Å². The maximum atomic E-state index is 11.3. The Bertz CT molecular complexity index is 283. The summed E-state index contributed by atoms with van der Waals surface area (Å²) in [6, 6.07) is 0. The zero-order chi connectivity index (χ0) is 10.5. The first-order valence-corrected chi connectivity index (χ1v) is 5.35. The van der Waals surface area contributed by atoms with Gasteiger partial charge in [-0.25, -0.2) is 8.42 Å². The number of hydrogen-bond acceptors (Lipinski definition) is 3. The third-order valence-corrected chi connectivity index (χ3v) is 3.19. The van der Waals surface area contributed by atoms with Crippen LogP contribution in [0.15, 0.2) is 12.7 Å². The molecular formula is C7H13NO4S. The first-order chi connectivity index (χ1) is 5.94. The van der Waals surface area contributed by atoms with Crippen LogP contribution < -0.4 is 0 Å². The Morgan fingerprint density at radius 2 is 2.15 bits per heavy atom. The molecular weight excluding hydrogens is 194 g/mol. The van der Waals surface area contributed by atoms with Gasteiger partial charge in [0.05, 0.1) is 0 Å². The molecule has 0 unspecified atom stereocenters. The Kier molecular flexibility index (Phi) is 4.64. The van der Waals surface area contributed by atoms with E-state index in [0.29, 0.717) is 0 Å². The van der Waals surface area contributed by atoms with Crippen molar-refractivity contribution in [2.24, 2.45) is 0 Å². The van der Waals surface area contributed by atoms with Crippen LogP contribution in [0.5, 0.6) is 0 Å². The van der Waals surface area contributed by atoms with Crippen LogP contribution in [0.1, 0.15) is 6.92 Å². The van der Waals surface area contributed by atoms with Crippen molar-refractivity contribution in [1.29, 1.82) is 0 Å². The minimum absolute atomic E-state index is 0.145. The third-order valence-electron chi connectivity index (χ3n) is 1.38. The molecule has 0 aliphatic rings. The Hall–Kier alpha value is -0.880. The third kappa shape index (κ3) is 4.05. The standard InChI is InChI=1S/C7H13NO4S/c1-3-5-8(4-2)13(11,12)6-7(9)10/h3H,1,4-6H2,2H3,(H,9,10). The normalized spacial score (nSPS) is 11.5. The van der Waals surface area contributed by atoms with Crippen LogP contribution in [0.4, 0.5) is 0 Å². The van der Waals surface area contributed by atoms with Crippen LogP contribution in [0.3, 0.4) is 0 Å². The van der Waals surface area contributed by atoms with Gasteiger partial charge in [-0.2, -0.15) is 4.31 Å². The van der Waals surface area contributed by atoms with E-state index in [2.05, 4.69) is 6.58 Å². The first-order valence-electron chi connectivity index (χ1n) is 3.74. The minimum Gasteiger partial charge on any atom is -0.480 e. The predicted molar refractivity (Wildman–Crippen MR) is 48.9 cm³/mol. The lowest BCUT2D eigenvalue weighted by Crippen LogP contribution is -2.35. The van der Waals surface area contributed by atoms with Gasteiger partial charge in [0, 0.05) is 13.1 Å². The summed E-state index contributed by atoms with van der Waals surface area (Å²) in [4.78, 5) is 10.2. The van der Waals surface area contributed by atoms with E-state index in [4.69, 9.17) is 5.11 Å². The highest BCUT2D eigenvalue weighted by molar-refractivity contribution is 7.89. The monoisotopic (exact) mass is 207 g/mol. The average Bonchev–Trinajstić information content (AvgIpc) is 1.97. The molecule has 0 spiro atoms. The fourth-order valence-electron chi connectivity index (χ4n) is 0.831. The summed E-state index contributed by atoms with van der Waals surface area (Å²) in [7, 11) is -3.67. The molecule has 6 heteroatoms. The lowest BCUT2D eigenvalue weighted by molar-refractivity contribution is -0.134. The van der Waals surface area contributed by atoms with Crippen LogP contribution in [-0.4, -0.2) is 42.6 Å². The van der Waals surface area contributed by atoms with Gasteiger partial charge in [0.2, 0.25) is 10.0 Å². The quantitative estimate of drug-likeness (QED) is 0.618. The van der Waals surface area contributed by atoms with Gasteiger partial charge in [-0.05, 0) is 0 Å². The Morgan fingerprint density at radius 3 is 2.46 bits per heavy atom. The average molecular weight is 207 g/mol. The Morgan fingerprint density at radius 1 is 1.62 bits per heavy atom. The summed E-state index contributed by atoms with van der Waals surface area (Å²) < 4.78 is 23.6. The van der Waals surface area contributed by atoms with E-state index in [1.54, 1.807) is 6.92 Å². The number of carboxylic acid groups (broad SMARTS) is 1. The zero-order valence-corrected chi connectivity index (χ0v) is 8.25. The van der Waals surface area contributed by atoms with E-state index in [-0.39, 0.29) is 13.1 Å². The van der Waals surface area contributed by atoms with Crippen molar-refractivity contribution in [2.75, 3.05) is 18.8 Å². The van der Waals surface area contributed by atoms with Crippen molar-refractivity contribution >= 4 is 16.0 Å². The molecule has 0 aromatic rings. The smallest absolute Gasteiger partial charge is 0.320 e. The van der Waals surface area contributed by atoms with Crippen LogP contribution in [0.25, 0.3) is 0 Å². The number of carbonyl (C=O) groups is 1. The van der Waals surface area contributed by atoms with Crippen molar-refractivity contribution in [3.8, 4) is 0 Å². The van der Waals surface area contributed by atoms with Crippen molar-refractivity contribution < 1.29 is 18.3 Å². The molecule has 0 bridgehead atoms. The summed E-state index contributed by atoms with van der Waals surface area (Å²) in [5.74, 6) is -2.21. The zero-order valence-electron chi connectivity index (χ0n) is 7.43. The molecule has 5 nitrogen and oxygen atoms in total. The lowest BCUT2D eigenvalue weighted by atomic mass is 10.6. The second-order valence-electron chi connectivity index (χ2n) is 2.39. The van der Waals surface area contributed by atoms with Crippen LogP contribution >= 0.6 is 0 Å². The first kappa shape index (κ1) is 12.1. The maximum Gasteiger partial charge on any atom is 0.320 e. The highest BCUT2D eigenvalue weighted by Gasteiger charge is 2.22. The molecule has 0 amide bonds. The van der Waals surface area contributed by atoms with Crippen LogP contribution in [-0.2, 0) is 14.8 Å². The van der Waals surface area contributed by atoms with E-state index in [1.165, 1.54) is 6.08 Å². The summed E-state index contributed by atoms with van der Waals surface area (Å²) in [6.45, 7) is 5.43. The Labute approximate surface area is 77.7 Å². The number of hydrogen-bond donors (Lipinski definition) is 1. The Balaban J connectivity index is 4.57. The summed E-state index contributed by atoms with van der Waals surface area (Å²) >= 11 is 0. The number of carboxylic acids is 1. The van der Waals surface area contributed by atoms with Gasteiger partial charge < -0.3 is 5.11 Å². The van der Waals surface area contributed by atoms with E-state index in [0.717, 1.165) is 4.31 Å². The summed E-state index contributed by atoms with van der Waals surface area (Å²) in [5.41, 5.74) is 0. The van der Waals surface area contributed by atoms with Gasteiger partial charge >= 0.3 is 5.97 Å².